The molecule has 3 rings (SSSR count). The lowest BCUT2D eigenvalue weighted by Crippen LogP contribution is -2.21. The zero-order valence-corrected chi connectivity index (χ0v) is 13.0. The van der Waals surface area contributed by atoms with E-state index in [-0.39, 0.29) is 29.6 Å². The van der Waals surface area contributed by atoms with Gasteiger partial charge in [0.2, 0.25) is 6.79 Å². The Morgan fingerprint density at radius 1 is 1.25 bits per heavy atom. The number of benzene rings is 1. The van der Waals surface area contributed by atoms with Crippen LogP contribution in [0.25, 0.3) is 0 Å². The van der Waals surface area contributed by atoms with Crippen molar-refractivity contribution in [2.24, 2.45) is 5.10 Å². The van der Waals surface area contributed by atoms with Crippen molar-refractivity contribution < 1.29 is 23.8 Å². The van der Waals surface area contributed by atoms with E-state index in [0.29, 0.717) is 17.1 Å². The number of nitrogens with one attached hydrogen (secondary N) is 1. The maximum Gasteiger partial charge on any atom is 0.348 e. The Balaban J connectivity index is 1.80. The van der Waals surface area contributed by atoms with Crippen molar-refractivity contribution in [2.45, 2.75) is 13.8 Å². The molecule has 0 spiro atoms. The van der Waals surface area contributed by atoms with E-state index in [1.807, 2.05) is 0 Å². The molecule has 0 fully saturated rings. The van der Waals surface area contributed by atoms with Crippen LogP contribution < -0.4 is 20.5 Å². The van der Waals surface area contributed by atoms with Crippen LogP contribution in [-0.4, -0.2) is 23.5 Å². The molecular formula is C16H14N2O6. The zero-order chi connectivity index (χ0) is 17.3. The number of carbonyl (C=O) groups excluding carboxylic acids is 1. The van der Waals surface area contributed by atoms with Gasteiger partial charge < -0.3 is 19.0 Å². The van der Waals surface area contributed by atoms with Crippen LogP contribution in [0.5, 0.6) is 17.2 Å². The lowest BCUT2D eigenvalue weighted by atomic mass is 10.2. The minimum atomic E-state index is -0.730. The van der Waals surface area contributed by atoms with Crippen molar-refractivity contribution in [1.29, 1.82) is 0 Å². The van der Waals surface area contributed by atoms with E-state index < -0.39 is 11.5 Å². The number of rotatable bonds is 3. The quantitative estimate of drug-likeness (QED) is 0.652. The van der Waals surface area contributed by atoms with E-state index in [1.54, 1.807) is 19.1 Å². The second-order valence-corrected chi connectivity index (χ2v) is 5.11. The molecule has 8 heteroatoms. The van der Waals surface area contributed by atoms with Crippen LogP contribution in [0.2, 0.25) is 0 Å². The van der Waals surface area contributed by atoms with Gasteiger partial charge in [-0.2, -0.15) is 5.10 Å². The lowest BCUT2D eigenvalue weighted by molar-refractivity contribution is 0.0954. The molecule has 2 heterocycles. The molecule has 0 atom stereocenters. The molecule has 8 nitrogen and oxygen atoms in total. The third-order valence-corrected chi connectivity index (χ3v) is 3.38. The highest BCUT2D eigenvalue weighted by Crippen LogP contribution is 2.32. The van der Waals surface area contributed by atoms with Crippen LogP contribution in [0.1, 0.15) is 28.6 Å². The van der Waals surface area contributed by atoms with Crippen LogP contribution in [0.3, 0.4) is 0 Å². The summed E-state index contributed by atoms with van der Waals surface area (Å²) in [6.07, 6.45) is 0. The van der Waals surface area contributed by atoms with Gasteiger partial charge in [-0.15, -0.1) is 0 Å². The second-order valence-electron chi connectivity index (χ2n) is 5.11. The van der Waals surface area contributed by atoms with Crippen LogP contribution in [0.4, 0.5) is 0 Å². The predicted molar refractivity (Wildman–Crippen MR) is 83.6 cm³/mol. The summed E-state index contributed by atoms with van der Waals surface area (Å²) < 4.78 is 15.3. The lowest BCUT2D eigenvalue weighted by Gasteiger charge is -2.05. The van der Waals surface area contributed by atoms with Gasteiger partial charge in [-0.25, -0.2) is 10.2 Å². The molecule has 24 heavy (non-hydrogen) atoms. The highest BCUT2D eigenvalue weighted by molar-refractivity contribution is 6.02. The van der Waals surface area contributed by atoms with Crippen molar-refractivity contribution in [3.63, 3.8) is 0 Å². The highest BCUT2D eigenvalue weighted by atomic mass is 16.7. The number of nitrogens with zero attached hydrogens (tertiary/aromatic N) is 1. The maximum atomic E-state index is 12.1. The smallest absolute Gasteiger partial charge is 0.348 e. The van der Waals surface area contributed by atoms with Gasteiger partial charge >= 0.3 is 5.63 Å². The Kier molecular flexibility index (Phi) is 3.95. The summed E-state index contributed by atoms with van der Waals surface area (Å²) in [5.41, 5.74) is 1.92. The molecule has 1 aliphatic heterocycles. The minimum Gasteiger partial charge on any atom is -0.507 e. The molecule has 124 valence electrons. The summed E-state index contributed by atoms with van der Waals surface area (Å²) in [6, 6.07) is 6.01. The summed E-state index contributed by atoms with van der Waals surface area (Å²) in [7, 11) is 0. The van der Waals surface area contributed by atoms with Crippen molar-refractivity contribution in [1.82, 2.24) is 5.43 Å². The summed E-state index contributed by atoms with van der Waals surface area (Å²) in [4.78, 5) is 23.9. The normalized spacial score (nSPS) is 13.0. The van der Waals surface area contributed by atoms with Gasteiger partial charge in [0.1, 0.15) is 17.1 Å². The largest absolute Gasteiger partial charge is 0.507 e. The van der Waals surface area contributed by atoms with Gasteiger partial charge in [-0.05, 0) is 32.0 Å². The number of hydrogen-bond acceptors (Lipinski definition) is 7. The number of carbonyl (C=O) groups is 1. The Hall–Kier alpha value is -3.29. The third-order valence-electron chi connectivity index (χ3n) is 3.38. The van der Waals surface area contributed by atoms with Crippen molar-refractivity contribution >= 4 is 11.6 Å². The fourth-order valence-corrected chi connectivity index (χ4v) is 2.22. The van der Waals surface area contributed by atoms with E-state index in [4.69, 9.17) is 13.9 Å². The van der Waals surface area contributed by atoms with Gasteiger partial charge in [-0.1, -0.05) is 0 Å². The average molecular weight is 330 g/mol. The SMILES string of the molecule is C/C(=N/NC(=O)c1ccc2c(c1)OCO2)c1c(O)cc(C)oc1=O. The first kappa shape index (κ1) is 15.6. The van der Waals surface area contributed by atoms with Gasteiger partial charge in [0.25, 0.3) is 5.91 Å². The van der Waals surface area contributed by atoms with Crippen molar-refractivity contribution in [3.8, 4) is 17.2 Å². The number of ether oxygens (including phenoxy) is 2. The standard InChI is InChI=1S/C16H14N2O6/c1-8-5-11(19)14(16(21)24-8)9(2)17-18-15(20)10-3-4-12-13(6-10)23-7-22-12/h3-6,19H,7H2,1-2H3,(H,18,20)/b17-9-. The summed E-state index contributed by atoms with van der Waals surface area (Å²) in [6.45, 7) is 3.13. The highest BCUT2D eigenvalue weighted by Gasteiger charge is 2.17. The molecule has 0 aliphatic carbocycles. The molecule has 1 aliphatic rings. The molecule has 2 aromatic rings. The molecule has 1 amide bonds. The molecule has 1 aromatic carbocycles. The first-order valence-electron chi connectivity index (χ1n) is 7.04. The maximum absolute atomic E-state index is 12.1. The van der Waals surface area contributed by atoms with E-state index in [2.05, 4.69) is 10.5 Å². The van der Waals surface area contributed by atoms with E-state index in [0.717, 1.165) is 0 Å². The Bertz CT molecular complexity index is 900. The molecular weight excluding hydrogens is 316 g/mol. The summed E-state index contributed by atoms with van der Waals surface area (Å²) in [5, 5.41) is 13.7. The summed E-state index contributed by atoms with van der Waals surface area (Å²) >= 11 is 0. The Morgan fingerprint density at radius 3 is 2.75 bits per heavy atom. The number of fused-ring (bicyclic) bond motifs is 1. The van der Waals surface area contributed by atoms with Crippen molar-refractivity contribution in [2.75, 3.05) is 6.79 Å². The second kappa shape index (κ2) is 6.07. The molecule has 0 unspecified atom stereocenters. The first-order chi connectivity index (χ1) is 11.5. The number of hydrogen-bond donors (Lipinski definition) is 2. The minimum absolute atomic E-state index is 0.105. The van der Waals surface area contributed by atoms with Crippen LogP contribution in [0.15, 0.2) is 38.6 Å². The Morgan fingerprint density at radius 2 is 2.00 bits per heavy atom. The fraction of sp³-hybridized carbons (Fsp3) is 0.188. The zero-order valence-electron chi connectivity index (χ0n) is 13.0. The number of aromatic hydroxyl groups is 1. The first-order valence-corrected chi connectivity index (χ1v) is 7.04. The van der Waals surface area contributed by atoms with Gasteiger partial charge in [0, 0.05) is 11.6 Å². The van der Waals surface area contributed by atoms with Gasteiger partial charge in [0.15, 0.2) is 11.5 Å². The molecule has 2 N–H and O–H groups in total. The monoisotopic (exact) mass is 330 g/mol. The van der Waals surface area contributed by atoms with Gasteiger partial charge in [0.05, 0.1) is 5.71 Å². The van der Waals surface area contributed by atoms with Crippen LogP contribution in [-0.2, 0) is 0 Å². The third kappa shape index (κ3) is 2.94. The number of amides is 1. The molecule has 0 radical (unpaired) electrons. The van der Waals surface area contributed by atoms with E-state index >= 15 is 0 Å². The number of hydrazone groups is 1. The van der Waals surface area contributed by atoms with E-state index in [1.165, 1.54) is 19.1 Å². The van der Waals surface area contributed by atoms with Crippen LogP contribution >= 0.6 is 0 Å². The molecule has 0 bridgehead atoms. The molecule has 0 saturated carbocycles. The average Bonchev–Trinajstić information content (AvgIpc) is 2.99. The molecule has 1 aromatic heterocycles. The van der Waals surface area contributed by atoms with Crippen LogP contribution in [0, 0.1) is 6.92 Å². The Labute approximate surface area is 136 Å². The van der Waals surface area contributed by atoms with Crippen molar-refractivity contribution in [3.05, 3.63) is 51.6 Å². The fourth-order valence-electron chi connectivity index (χ4n) is 2.22. The molecule has 0 saturated heterocycles. The number of aryl methyl sites for hydroxylation is 1. The topological polar surface area (TPSA) is 110 Å². The van der Waals surface area contributed by atoms with Gasteiger partial charge in [-0.3, -0.25) is 4.79 Å². The predicted octanol–water partition coefficient (Wildman–Crippen LogP) is 1.54. The summed E-state index contributed by atoms with van der Waals surface area (Å²) in [5.74, 6) is 0.554. The van der Waals surface area contributed by atoms with E-state index in [9.17, 15) is 14.7 Å².